The van der Waals surface area contributed by atoms with E-state index in [9.17, 15) is 13.2 Å². The van der Waals surface area contributed by atoms with Gasteiger partial charge < -0.3 is 5.32 Å². The van der Waals surface area contributed by atoms with Gasteiger partial charge in [-0.15, -0.1) is 0 Å². The number of rotatable bonds is 3. The molecule has 0 fully saturated rings. The van der Waals surface area contributed by atoms with Crippen LogP contribution in [-0.4, -0.2) is 0 Å². The Kier molecular flexibility index (Phi) is 4.91. The van der Waals surface area contributed by atoms with Gasteiger partial charge >= 0.3 is 6.18 Å². The van der Waals surface area contributed by atoms with Crippen LogP contribution in [0.2, 0.25) is 15.1 Å². The first-order chi connectivity index (χ1) is 9.75. The molecule has 0 radical (unpaired) electrons. The van der Waals surface area contributed by atoms with Crippen molar-refractivity contribution in [3.05, 3.63) is 62.6 Å². The van der Waals surface area contributed by atoms with Crippen LogP contribution in [0.15, 0.2) is 36.4 Å². The second kappa shape index (κ2) is 6.34. The smallest absolute Gasteiger partial charge is 0.380 e. The highest BCUT2D eigenvalue weighted by Crippen LogP contribution is 2.34. The summed E-state index contributed by atoms with van der Waals surface area (Å²) in [6, 6.07) is 8.02. The van der Waals surface area contributed by atoms with Crippen molar-refractivity contribution in [2.45, 2.75) is 12.7 Å². The van der Waals surface area contributed by atoms with Crippen molar-refractivity contribution < 1.29 is 13.2 Å². The Bertz CT molecular complexity index is 636. The van der Waals surface area contributed by atoms with Crippen LogP contribution in [0.3, 0.4) is 0 Å². The lowest BCUT2D eigenvalue weighted by atomic mass is 10.1. The molecule has 1 N–H and O–H groups in total. The maximum atomic E-state index is 12.7. The largest absolute Gasteiger partial charge is 0.416 e. The van der Waals surface area contributed by atoms with Gasteiger partial charge in [-0.2, -0.15) is 13.2 Å². The van der Waals surface area contributed by atoms with Crippen LogP contribution in [0, 0.1) is 0 Å². The van der Waals surface area contributed by atoms with Gasteiger partial charge in [0.15, 0.2) is 0 Å². The van der Waals surface area contributed by atoms with Crippen LogP contribution in [-0.2, 0) is 12.7 Å². The van der Waals surface area contributed by atoms with Gasteiger partial charge in [-0.1, -0.05) is 34.8 Å². The van der Waals surface area contributed by atoms with Crippen molar-refractivity contribution in [2.24, 2.45) is 0 Å². The molecule has 0 bridgehead atoms. The van der Waals surface area contributed by atoms with Crippen molar-refractivity contribution in [1.29, 1.82) is 0 Å². The number of hydrogen-bond acceptors (Lipinski definition) is 1. The minimum Gasteiger partial charge on any atom is -0.380 e. The fourth-order valence-electron chi connectivity index (χ4n) is 1.75. The molecular weight excluding hydrogens is 346 g/mol. The predicted molar refractivity (Wildman–Crippen MR) is 80.2 cm³/mol. The van der Waals surface area contributed by atoms with Crippen LogP contribution in [0.25, 0.3) is 0 Å². The highest BCUT2D eigenvalue weighted by molar-refractivity contribution is 6.34. The summed E-state index contributed by atoms with van der Waals surface area (Å²) < 4.78 is 38.0. The monoisotopic (exact) mass is 353 g/mol. The molecule has 0 aliphatic carbocycles. The lowest BCUT2D eigenvalue weighted by molar-refractivity contribution is -0.137. The third kappa shape index (κ3) is 4.43. The van der Waals surface area contributed by atoms with Crippen LogP contribution >= 0.6 is 34.8 Å². The molecule has 0 amide bonds. The fourth-order valence-corrected chi connectivity index (χ4v) is 2.50. The Morgan fingerprint density at radius 2 is 1.52 bits per heavy atom. The molecule has 2 aromatic carbocycles. The molecule has 0 spiro atoms. The molecule has 0 aliphatic rings. The average molecular weight is 355 g/mol. The highest BCUT2D eigenvalue weighted by Gasteiger charge is 2.30. The van der Waals surface area contributed by atoms with Crippen LogP contribution in [0.1, 0.15) is 11.1 Å². The molecule has 0 saturated heterocycles. The fraction of sp³-hybridized carbons (Fsp3) is 0.143. The molecule has 0 heterocycles. The Labute approximate surface area is 134 Å². The molecule has 0 saturated carbocycles. The van der Waals surface area contributed by atoms with E-state index in [4.69, 9.17) is 34.8 Å². The minimum absolute atomic E-state index is 0.197. The maximum Gasteiger partial charge on any atom is 0.416 e. The molecule has 21 heavy (non-hydrogen) atoms. The topological polar surface area (TPSA) is 12.0 Å². The van der Waals surface area contributed by atoms with Crippen molar-refractivity contribution in [2.75, 3.05) is 5.32 Å². The Hall–Kier alpha value is -1.10. The number of anilines is 1. The number of benzene rings is 2. The van der Waals surface area contributed by atoms with E-state index in [1.54, 1.807) is 18.2 Å². The van der Waals surface area contributed by atoms with E-state index in [0.29, 0.717) is 10.0 Å². The first-order valence-electron chi connectivity index (χ1n) is 5.81. The van der Waals surface area contributed by atoms with Crippen molar-refractivity contribution >= 4 is 40.5 Å². The van der Waals surface area contributed by atoms with Crippen molar-refractivity contribution in [3.63, 3.8) is 0 Å². The quantitative estimate of drug-likeness (QED) is 0.684. The summed E-state index contributed by atoms with van der Waals surface area (Å²) in [6.07, 6.45) is -4.42. The summed E-state index contributed by atoms with van der Waals surface area (Å²) in [4.78, 5) is 0. The third-order valence-electron chi connectivity index (χ3n) is 2.70. The van der Waals surface area contributed by atoms with Gasteiger partial charge in [-0.05, 0) is 42.0 Å². The maximum absolute atomic E-state index is 12.7. The van der Waals surface area contributed by atoms with E-state index in [1.165, 1.54) is 6.07 Å². The zero-order chi connectivity index (χ0) is 15.6. The lowest BCUT2D eigenvalue weighted by Gasteiger charge is -2.12. The number of halogens is 6. The van der Waals surface area contributed by atoms with E-state index in [2.05, 4.69) is 5.32 Å². The zero-order valence-electron chi connectivity index (χ0n) is 10.4. The van der Waals surface area contributed by atoms with Gasteiger partial charge in [0.05, 0.1) is 16.3 Å². The molecule has 0 aliphatic heterocycles. The van der Waals surface area contributed by atoms with Crippen molar-refractivity contribution in [3.8, 4) is 0 Å². The van der Waals surface area contributed by atoms with Gasteiger partial charge in [0.1, 0.15) is 0 Å². The molecular formula is C14H9Cl3F3N. The molecule has 7 heteroatoms. The molecule has 2 rings (SSSR count). The summed E-state index contributed by atoms with van der Waals surface area (Å²) in [5.74, 6) is 0. The third-order valence-corrected chi connectivity index (χ3v) is 3.47. The summed E-state index contributed by atoms with van der Waals surface area (Å²) in [5.41, 5.74) is 0.169. The number of alkyl halides is 3. The summed E-state index contributed by atoms with van der Waals surface area (Å²) in [7, 11) is 0. The Balaban J connectivity index is 2.19. The molecule has 112 valence electrons. The SMILES string of the molecule is FC(F)(F)c1ccc(Cl)c(NCc2cc(Cl)cc(Cl)c2)c1. The summed E-state index contributed by atoms with van der Waals surface area (Å²) >= 11 is 17.6. The van der Waals surface area contributed by atoms with Gasteiger partial charge in [0.25, 0.3) is 0 Å². The Morgan fingerprint density at radius 1 is 0.905 bits per heavy atom. The molecule has 0 aromatic heterocycles. The van der Waals surface area contributed by atoms with Gasteiger partial charge in [-0.25, -0.2) is 0 Å². The summed E-state index contributed by atoms with van der Waals surface area (Å²) in [5, 5.41) is 3.96. The van der Waals surface area contributed by atoms with E-state index >= 15 is 0 Å². The van der Waals surface area contributed by atoms with E-state index in [0.717, 1.165) is 17.7 Å². The van der Waals surface area contributed by atoms with Gasteiger partial charge in [0.2, 0.25) is 0 Å². The van der Waals surface area contributed by atoms with E-state index in [-0.39, 0.29) is 17.3 Å². The van der Waals surface area contributed by atoms with E-state index in [1.807, 2.05) is 0 Å². The van der Waals surface area contributed by atoms with Crippen LogP contribution in [0.4, 0.5) is 18.9 Å². The van der Waals surface area contributed by atoms with Gasteiger partial charge in [-0.3, -0.25) is 0 Å². The van der Waals surface area contributed by atoms with Crippen LogP contribution in [0.5, 0.6) is 0 Å². The average Bonchev–Trinajstić information content (AvgIpc) is 2.35. The minimum atomic E-state index is -4.42. The highest BCUT2D eigenvalue weighted by atomic mass is 35.5. The molecule has 2 aromatic rings. The van der Waals surface area contributed by atoms with Crippen molar-refractivity contribution in [1.82, 2.24) is 0 Å². The summed E-state index contributed by atoms with van der Waals surface area (Å²) in [6.45, 7) is 0.251. The standard InChI is InChI=1S/C14H9Cl3F3N/c15-10-3-8(4-11(16)6-10)7-21-13-5-9(14(18,19)20)1-2-12(13)17/h1-6,21H,7H2. The zero-order valence-corrected chi connectivity index (χ0v) is 12.7. The second-order valence-corrected chi connectivity index (χ2v) is 5.60. The number of hydrogen-bond donors (Lipinski definition) is 1. The molecule has 0 atom stereocenters. The normalized spacial score (nSPS) is 11.5. The second-order valence-electron chi connectivity index (χ2n) is 4.32. The molecule has 1 nitrogen and oxygen atoms in total. The number of nitrogens with one attached hydrogen (secondary N) is 1. The predicted octanol–water partition coefficient (Wildman–Crippen LogP) is 6.28. The lowest BCUT2D eigenvalue weighted by Crippen LogP contribution is -2.07. The molecule has 0 unspecified atom stereocenters. The van der Waals surface area contributed by atoms with E-state index < -0.39 is 11.7 Å². The van der Waals surface area contributed by atoms with Crippen LogP contribution < -0.4 is 5.32 Å². The first-order valence-corrected chi connectivity index (χ1v) is 6.94. The van der Waals surface area contributed by atoms with Gasteiger partial charge in [0, 0.05) is 16.6 Å². The first kappa shape index (κ1) is 16.3. The Morgan fingerprint density at radius 3 is 2.10 bits per heavy atom.